The summed E-state index contributed by atoms with van der Waals surface area (Å²) >= 11 is 0. The molecule has 7 nitrogen and oxygen atoms in total. The molecule has 1 fully saturated rings. The fraction of sp³-hybridized carbons (Fsp3) is 0.480. The predicted molar refractivity (Wildman–Crippen MR) is 124 cm³/mol. The highest BCUT2D eigenvalue weighted by atomic mass is 19.4. The van der Waals surface area contributed by atoms with Crippen LogP contribution in [0.3, 0.4) is 0 Å². The van der Waals surface area contributed by atoms with Crippen LogP contribution >= 0.6 is 0 Å². The van der Waals surface area contributed by atoms with E-state index in [1.807, 2.05) is 0 Å². The molecule has 35 heavy (non-hydrogen) atoms. The Morgan fingerprint density at radius 1 is 1.09 bits per heavy atom. The zero-order chi connectivity index (χ0) is 26.0. The van der Waals surface area contributed by atoms with Gasteiger partial charge in [0.15, 0.2) is 11.9 Å². The molecule has 0 saturated heterocycles. The van der Waals surface area contributed by atoms with Crippen LogP contribution < -0.4 is 15.4 Å². The van der Waals surface area contributed by atoms with Gasteiger partial charge in [0.2, 0.25) is 5.91 Å². The van der Waals surface area contributed by atoms with Crippen molar-refractivity contribution < 1.29 is 32.2 Å². The lowest BCUT2D eigenvalue weighted by Gasteiger charge is -2.26. The lowest BCUT2D eigenvalue weighted by Crippen LogP contribution is -2.49. The molecule has 2 N–H and O–H groups in total. The molecule has 1 atom stereocenters. The van der Waals surface area contributed by atoms with Crippen molar-refractivity contribution in [1.82, 2.24) is 5.32 Å². The number of pyridine rings is 1. The average Bonchev–Trinajstić information content (AvgIpc) is 3.27. The largest absolute Gasteiger partial charge is 0.618 e. The van der Waals surface area contributed by atoms with E-state index < -0.39 is 35.4 Å². The fourth-order valence-electron chi connectivity index (χ4n) is 4.31. The summed E-state index contributed by atoms with van der Waals surface area (Å²) in [6.07, 6.45) is -1.01. The summed E-state index contributed by atoms with van der Waals surface area (Å²) in [5.41, 5.74) is -1.39. The first-order chi connectivity index (χ1) is 16.3. The number of hydrogen-bond donors (Lipinski definition) is 2. The van der Waals surface area contributed by atoms with Crippen LogP contribution in [-0.4, -0.2) is 23.6 Å². The first-order valence-corrected chi connectivity index (χ1v) is 11.5. The van der Waals surface area contributed by atoms with Gasteiger partial charge in [-0.15, -0.1) is 0 Å². The van der Waals surface area contributed by atoms with Crippen LogP contribution in [0.15, 0.2) is 36.5 Å². The SMILES string of the molecule is Cc1c(-c2ccc(NC(=O)[C@@H](NC(=O)OC(C)(C)C)C3CCCC3)cc2)c(C(F)(F)F)cc[n+]1[O-]. The van der Waals surface area contributed by atoms with Gasteiger partial charge in [-0.1, -0.05) is 25.0 Å². The number of rotatable bonds is 5. The van der Waals surface area contributed by atoms with Crippen LogP contribution in [0.2, 0.25) is 0 Å². The van der Waals surface area contributed by atoms with Gasteiger partial charge in [0.25, 0.3) is 0 Å². The van der Waals surface area contributed by atoms with E-state index in [2.05, 4.69) is 10.6 Å². The quantitative estimate of drug-likeness (QED) is 0.435. The molecule has 1 aromatic carbocycles. The molecule has 0 spiro atoms. The Morgan fingerprint density at radius 3 is 2.23 bits per heavy atom. The molecule has 2 amide bonds. The number of aromatic nitrogens is 1. The van der Waals surface area contributed by atoms with Gasteiger partial charge in [0, 0.05) is 18.7 Å². The first kappa shape index (κ1) is 26.3. The van der Waals surface area contributed by atoms with Gasteiger partial charge in [-0.25, -0.2) is 4.79 Å². The molecule has 3 rings (SSSR count). The topological polar surface area (TPSA) is 94.4 Å². The van der Waals surface area contributed by atoms with E-state index in [0.717, 1.165) is 37.9 Å². The number of nitrogens with one attached hydrogen (secondary N) is 2. The Hall–Kier alpha value is -3.30. The Balaban J connectivity index is 1.81. The number of nitrogens with zero attached hydrogens (tertiary/aromatic N) is 1. The lowest BCUT2D eigenvalue weighted by molar-refractivity contribution is -0.611. The number of anilines is 1. The summed E-state index contributed by atoms with van der Waals surface area (Å²) in [6, 6.07) is 5.71. The van der Waals surface area contributed by atoms with Gasteiger partial charge in [0.1, 0.15) is 11.6 Å². The third kappa shape index (κ3) is 6.64. The van der Waals surface area contributed by atoms with Crippen molar-refractivity contribution in [2.45, 2.75) is 71.2 Å². The summed E-state index contributed by atoms with van der Waals surface area (Å²) < 4.78 is 46.3. The highest BCUT2D eigenvalue weighted by Gasteiger charge is 2.37. The minimum atomic E-state index is -4.64. The number of amides is 2. The van der Waals surface area contributed by atoms with Crippen LogP contribution in [0.25, 0.3) is 11.1 Å². The number of carbonyl (C=O) groups is 2. The summed E-state index contributed by atoms with van der Waals surface area (Å²) in [4.78, 5) is 25.4. The maximum atomic E-state index is 13.5. The van der Waals surface area contributed by atoms with E-state index in [4.69, 9.17) is 4.74 Å². The second-order valence-corrected chi connectivity index (χ2v) is 9.75. The molecule has 1 aliphatic carbocycles. The molecule has 0 unspecified atom stereocenters. The number of ether oxygens (including phenoxy) is 1. The fourth-order valence-corrected chi connectivity index (χ4v) is 4.31. The van der Waals surface area contributed by atoms with Gasteiger partial charge >= 0.3 is 12.3 Å². The van der Waals surface area contributed by atoms with E-state index >= 15 is 0 Å². The monoisotopic (exact) mass is 493 g/mol. The van der Waals surface area contributed by atoms with Crippen LogP contribution in [0.1, 0.15) is 57.7 Å². The number of alkyl halides is 3. The molecule has 10 heteroatoms. The third-order valence-corrected chi connectivity index (χ3v) is 5.91. The first-order valence-electron chi connectivity index (χ1n) is 11.5. The second kappa shape index (κ2) is 10.1. The second-order valence-electron chi connectivity index (χ2n) is 9.75. The van der Waals surface area contributed by atoms with E-state index in [-0.39, 0.29) is 22.7 Å². The molecule has 1 saturated carbocycles. The third-order valence-electron chi connectivity index (χ3n) is 5.91. The molecule has 0 aliphatic heterocycles. The Kier molecular flexibility index (Phi) is 7.62. The van der Waals surface area contributed by atoms with Gasteiger partial charge in [0.05, 0.1) is 11.1 Å². The van der Waals surface area contributed by atoms with Crippen LogP contribution in [-0.2, 0) is 15.7 Å². The minimum Gasteiger partial charge on any atom is -0.618 e. The van der Waals surface area contributed by atoms with E-state index in [1.165, 1.54) is 31.2 Å². The van der Waals surface area contributed by atoms with Crippen molar-refractivity contribution in [3.63, 3.8) is 0 Å². The number of benzene rings is 1. The maximum Gasteiger partial charge on any atom is 0.417 e. The minimum absolute atomic E-state index is 0.0457. The van der Waals surface area contributed by atoms with Crippen molar-refractivity contribution in [2.24, 2.45) is 5.92 Å². The molecule has 1 aliphatic rings. The molecule has 0 radical (unpaired) electrons. The molecule has 190 valence electrons. The molecular weight excluding hydrogens is 463 g/mol. The molecule has 2 aromatic rings. The predicted octanol–water partition coefficient (Wildman–Crippen LogP) is 5.34. The summed E-state index contributed by atoms with van der Waals surface area (Å²) in [5, 5.41) is 17.3. The zero-order valence-electron chi connectivity index (χ0n) is 20.2. The van der Waals surface area contributed by atoms with Gasteiger partial charge in [-0.05, 0) is 57.2 Å². The smallest absolute Gasteiger partial charge is 0.417 e. The van der Waals surface area contributed by atoms with Crippen molar-refractivity contribution in [3.05, 3.63) is 53.0 Å². The Morgan fingerprint density at radius 2 is 1.69 bits per heavy atom. The standard InChI is InChI=1S/C25H30F3N3O4/c1-15-20(19(25(26,27)28)13-14-31(15)34)16-9-11-18(12-10-16)29-22(32)21(17-7-5-6-8-17)30-23(33)35-24(2,3)4/h9-14,17,21H,5-8H2,1-4H3,(H,29,32)(H,30,33)/t21-/m0/s1. The number of carbonyl (C=O) groups excluding carboxylic acids is 2. The molecule has 0 bridgehead atoms. The maximum absolute atomic E-state index is 13.5. The molecule has 1 heterocycles. The van der Waals surface area contributed by atoms with E-state index in [0.29, 0.717) is 10.4 Å². The normalized spacial score (nSPS) is 15.5. The summed E-state index contributed by atoms with van der Waals surface area (Å²) in [7, 11) is 0. The molecular formula is C25H30F3N3O4. The highest BCUT2D eigenvalue weighted by molar-refractivity contribution is 5.97. The van der Waals surface area contributed by atoms with Gasteiger partial charge < -0.3 is 20.6 Å². The summed E-state index contributed by atoms with van der Waals surface area (Å²) in [6.45, 7) is 6.50. The van der Waals surface area contributed by atoms with E-state index in [9.17, 15) is 28.0 Å². The van der Waals surface area contributed by atoms with Gasteiger partial charge in [-0.2, -0.15) is 17.9 Å². The number of alkyl carbamates (subject to hydrolysis) is 1. The lowest BCUT2D eigenvalue weighted by atomic mass is 9.96. The number of halogens is 3. The summed E-state index contributed by atoms with van der Waals surface area (Å²) in [5.74, 6) is -0.476. The van der Waals surface area contributed by atoms with Crippen molar-refractivity contribution >= 4 is 17.7 Å². The van der Waals surface area contributed by atoms with Crippen LogP contribution in [0, 0.1) is 18.0 Å². The van der Waals surface area contributed by atoms with Gasteiger partial charge in [-0.3, -0.25) is 4.79 Å². The average molecular weight is 494 g/mol. The Labute approximate surface area is 202 Å². The Bertz CT molecular complexity index is 1070. The van der Waals surface area contributed by atoms with E-state index in [1.54, 1.807) is 20.8 Å². The van der Waals surface area contributed by atoms with Crippen molar-refractivity contribution in [2.75, 3.05) is 5.32 Å². The van der Waals surface area contributed by atoms with Crippen molar-refractivity contribution in [1.29, 1.82) is 0 Å². The van der Waals surface area contributed by atoms with Crippen molar-refractivity contribution in [3.8, 4) is 11.1 Å². The zero-order valence-corrected chi connectivity index (χ0v) is 20.2. The number of hydrogen-bond acceptors (Lipinski definition) is 4. The highest BCUT2D eigenvalue weighted by Crippen LogP contribution is 2.38. The van der Waals surface area contributed by atoms with Crippen LogP contribution in [0.4, 0.5) is 23.7 Å². The molecule has 1 aromatic heterocycles. The van der Waals surface area contributed by atoms with Crippen LogP contribution in [0.5, 0.6) is 0 Å².